The summed E-state index contributed by atoms with van der Waals surface area (Å²) < 4.78 is 6.05. The summed E-state index contributed by atoms with van der Waals surface area (Å²) >= 11 is 0. The van der Waals surface area contributed by atoms with Gasteiger partial charge in [-0.25, -0.2) is 9.97 Å². The molecule has 0 aliphatic carbocycles. The summed E-state index contributed by atoms with van der Waals surface area (Å²) in [6.45, 7) is 10.2. The van der Waals surface area contributed by atoms with Gasteiger partial charge in [0.15, 0.2) is 5.82 Å². The van der Waals surface area contributed by atoms with E-state index in [9.17, 15) is 0 Å². The van der Waals surface area contributed by atoms with Crippen LogP contribution in [0.25, 0.3) is 0 Å². The van der Waals surface area contributed by atoms with Crippen molar-refractivity contribution in [2.75, 3.05) is 31.6 Å². The van der Waals surface area contributed by atoms with E-state index in [2.05, 4.69) is 42.0 Å². The molecule has 0 saturated carbocycles. The minimum Gasteiger partial charge on any atom is -0.370 e. The van der Waals surface area contributed by atoms with E-state index in [0.717, 1.165) is 37.0 Å². The van der Waals surface area contributed by atoms with Crippen LogP contribution in [0.3, 0.4) is 0 Å². The number of ether oxygens (including phenoxy) is 1. The molecule has 2 aliphatic heterocycles. The topological polar surface area (TPSA) is 50.3 Å². The molecule has 0 bridgehead atoms. The average molecular weight is 290 g/mol. The number of fused-ring (bicyclic) bond motifs is 1. The highest BCUT2D eigenvalue weighted by Crippen LogP contribution is 2.29. The van der Waals surface area contributed by atoms with Gasteiger partial charge in [-0.15, -0.1) is 0 Å². The smallest absolute Gasteiger partial charge is 0.161 e. The van der Waals surface area contributed by atoms with E-state index in [1.807, 2.05) is 0 Å². The van der Waals surface area contributed by atoms with Crippen molar-refractivity contribution in [1.29, 1.82) is 0 Å². The minimum absolute atomic E-state index is 0.00968. The molecule has 21 heavy (non-hydrogen) atoms. The van der Waals surface area contributed by atoms with Crippen molar-refractivity contribution >= 4 is 5.82 Å². The summed E-state index contributed by atoms with van der Waals surface area (Å²) in [6, 6.07) is 2.67. The fraction of sp³-hybridized carbons (Fsp3) is 0.750. The first-order valence-corrected chi connectivity index (χ1v) is 8.15. The first-order chi connectivity index (χ1) is 10.2. The number of rotatable bonds is 4. The molecule has 0 spiro atoms. The first kappa shape index (κ1) is 14.7. The summed E-state index contributed by atoms with van der Waals surface area (Å²) in [4.78, 5) is 12.0. The number of anilines is 1. The largest absolute Gasteiger partial charge is 0.370 e. The third-order valence-corrected chi connectivity index (χ3v) is 4.39. The van der Waals surface area contributed by atoms with Crippen molar-refractivity contribution in [3.05, 3.63) is 17.6 Å². The number of morpholine rings is 1. The van der Waals surface area contributed by atoms with Crippen LogP contribution < -0.4 is 5.32 Å². The molecule has 2 atom stereocenters. The number of nitrogens with zero attached hydrogens (tertiary/aromatic N) is 3. The highest BCUT2D eigenvalue weighted by atomic mass is 16.5. The van der Waals surface area contributed by atoms with Crippen LogP contribution in [0.2, 0.25) is 0 Å². The van der Waals surface area contributed by atoms with E-state index in [4.69, 9.17) is 9.72 Å². The summed E-state index contributed by atoms with van der Waals surface area (Å²) in [7, 11) is 0. The second kappa shape index (κ2) is 6.28. The Morgan fingerprint density at radius 3 is 3.05 bits per heavy atom. The van der Waals surface area contributed by atoms with Crippen LogP contribution in [0.4, 0.5) is 5.82 Å². The van der Waals surface area contributed by atoms with E-state index in [-0.39, 0.29) is 6.10 Å². The molecule has 0 amide bonds. The Hall–Kier alpha value is -1.20. The Labute approximate surface area is 127 Å². The van der Waals surface area contributed by atoms with Crippen LogP contribution in [0, 0.1) is 0 Å². The Morgan fingerprint density at radius 1 is 1.43 bits per heavy atom. The highest BCUT2D eigenvalue weighted by Gasteiger charge is 2.34. The third kappa shape index (κ3) is 3.19. The zero-order valence-electron chi connectivity index (χ0n) is 13.3. The monoisotopic (exact) mass is 290 g/mol. The summed E-state index contributed by atoms with van der Waals surface area (Å²) in [5, 5.41) is 3.31. The van der Waals surface area contributed by atoms with Gasteiger partial charge in [0, 0.05) is 30.9 Å². The molecule has 1 N–H and O–H groups in total. The Bertz CT molecular complexity index is 491. The summed E-state index contributed by atoms with van der Waals surface area (Å²) in [5.41, 5.74) is 1.09. The van der Waals surface area contributed by atoms with Crippen molar-refractivity contribution in [2.24, 2.45) is 0 Å². The van der Waals surface area contributed by atoms with Gasteiger partial charge in [0.1, 0.15) is 11.9 Å². The molecule has 5 heteroatoms. The number of hydrogen-bond donors (Lipinski definition) is 1. The number of hydrogen-bond acceptors (Lipinski definition) is 5. The summed E-state index contributed by atoms with van der Waals surface area (Å²) in [6.07, 6.45) is 2.56. The van der Waals surface area contributed by atoms with E-state index < -0.39 is 0 Å². The fourth-order valence-electron chi connectivity index (χ4n) is 3.17. The maximum atomic E-state index is 6.05. The van der Waals surface area contributed by atoms with Crippen molar-refractivity contribution < 1.29 is 4.74 Å². The van der Waals surface area contributed by atoms with Gasteiger partial charge in [-0.2, -0.15) is 0 Å². The molecule has 2 saturated heterocycles. The van der Waals surface area contributed by atoms with Crippen LogP contribution >= 0.6 is 0 Å². The van der Waals surface area contributed by atoms with E-state index in [1.165, 1.54) is 19.4 Å². The van der Waals surface area contributed by atoms with Crippen LogP contribution in [-0.2, 0) is 4.74 Å². The molecule has 5 nitrogen and oxygen atoms in total. The van der Waals surface area contributed by atoms with Crippen molar-refractivity contribution in [2.45, 2.75) is 51.7 Å². The maximum absolute atomic E-state index is 6.05. The molecular weight excluding hydrogens is 264 g/mol. The van der Waals surface area contributed by atoms with Gasteiger partial charge in [0.2, 0.25) is 0 Å². The van der Waals surface area contributed by atoms with E-state index in [1.54, 1.807) is 0 Å². The summed E-state index contributed by atoms with van der Waals surface area (Å²) in [5.74, 6) is 2.15. The quantitative estimate of drug-likeness (QED) is 0.923. The predicted molar refractivity (Wildman–Crippen MR) is 83.6 cm³/mol. The SMILES string of the molecule is CCNc1cc(C(C)C)nc(C2CN3CCCC3CO2)n1. The van der Waals surface area contributed by atoms with Crippen molar-refractivity contribution in [3.8, 4) is 0 Å². The van der Waals surface area contributed by atoms with E-state index >= 15 is 0 Å². The average Bonchev–Trinajstić information content (AvgIpc) is 2.94. The van der Waals surface area contributed by atoms with Crippen LogP contribution in [0.1, 0.15) is 57.2 Å². The minimum atomic E-state index is 0.00968. The van der Waals surface area contributed by atoms with Crippen molar-refractivity contribution in [1.82, 2.24) is 14.9 Å². The molecule has 0 aromatic carbocycles. The van der Waals surface area contributed by atoms with Crippen LogP contribution in [0.15, 0.2) is 6.07 Å². The van der Waals surface area contributed by atoms with Crippen LogP contribution in [0.5, 0.6) is 0 Å². The maximum Gasteiger partial charge on any atom is 0.161 e. The zero-order chi connectivity index (χ0) is 14.8. The van der Waals surface area contributed by atoms with Crippen LogP contribution in [-0.4, -0.2) is 47.2 Å². The molecular formula is C16H26N4O. The molecule has 2 unspecified atom stereocenters. The zero-order valence-corrected chi connectivity index (χ0v) is 13.3. The Morgan fingerprint density at radius 2 is 2.29 bits per heavy atom. The number of aromatic nitrogens is 2. The predicted octanol–water partition coefficient (Wildman–Crippen LogP) is 2.57. The van der Waals surface area contributed by atoms with Gasteiger partial charge in [0.05, 0.1) is 6.61 Å². The molecule has 116 valence electrons. The molecule has 0 radical (unpaired) electrons. The van der Waals surface area contributed by atoms with E-state index in [0.29, 0.717) is 12.0 Å². The highest BCUT2D eigenvalue weighted by molar-refractivity contribution is 5.37. The Balaban J connectivity index is 1.83. The number of nitrogens with one attached hydrogen (secondary N) is 1. The van der Waals surface area contributed by atoms with Gasteiger partial charge in [-0.3, -0.25) is 4.90 Å². The third-order valence-electron chi connectivity index (χ3n) is 4.39. The lowest BCUT2D eigenvalue weighted by Gasteiger charge is -2.34. The second-order valence-corrected chi connectivity index (χ2v) is 6.33. The lowest BCUT2D eigenvalue weighted by atomic mass is 10.1. The molecule has 2 fully saturated rings. The van der Waals surface area contributed by atoms with Crippen molar-refractivity contribution in [3.63, 3.8) is 0 Å². The molecule has 1 aromatic heterocycles. The van der Waals surface area contributed by atoms with Gasteiger partial charge in [0.25, 0.3) is 0 Å². The first-order valence-electron chi connectivity index (χ1n) is 8.15. The molecule has 1 aromatic rings. The van der Waals surface area contributed by atoms with Gasteiger partial charge >= 0.3 is 0 Å². The van der Waals surface area contributed by atoms with Gasteiger partial charge in [-0.1, -0.05) is 13.8 Å². The second-order valence-electron chi connectivity index (χ2n) is 6.33. The molecule has 2 aliphatic rings. The Kier molecular flexibility index (Phi) is 4.40. The van der Waals surface area contributed by atoms with Gasteiger partial charge in [-0.05, 0) is 32.2 Å². The lowest BCUT2D eigenvalue weighted by molar-refractivity contribution is -0.0541. The lowest BCUT2D eigenvalue weighted by Crippen LogP contribution is -2.43. The molecule has 3 rings (SSSR count). The normalized spacial score (nSPS) is 26.1. The van der Waals surface area contributed by atoms with Gasteiger partial charge < -0.3 is 10.1 Å². The fourth-order valence-corrected chi connectivity index (χ4v) is 3.17. The molecule has 3 heterocycles. The standard InChI is InChI=1S/C16H26N4O/c1-4-17-15-8-13(11(2)3)18-16(19-15)14-9-20-7-5-6-12(20)10-21-14/h8,11-12,14H,4-7,9-10H2,1-3H3,(H,17,18,19).